The van der Waals surface area contributed by atoms with E-state index in [4.69, 9.17) is 5.73 Å². The minimum absolute atomic E-state index is 0.0286. The van der Waals surface area contributed by atoms with Crippen LogP contribution in [0.4, 0.5) is 0 Å². The van der Waals surface area contributed by atoms with Gasteiger partial charge in [-0.05, 0) is 31.0 Å². The first-order valence-electron chi connectivity index (χ1n) is 6.49. The number of carbonyl (C=O) groups excluding carboxylic acids is 1. The molecule has 1 aliphatic heterocycles. The maximum absolute atomic E-state index is 12.3. The molecule has 1 aromatic carbocycles. The van der Waals surface area contributed by atoms with E-state index in [1.54, 1.807) is 24.3 Å². The number of hydrogen-bond acceptors (Lipinski definition) is 4. The van der Waals surface area contributed by atoms with Gasteiger partial charge in [-0.3, -0.25) is 4.79 Å². The van der Waals surface area contributed by atoms with Crippen molar-refractivity contribution in [2.45, 2.75) is 25.4 Å². The normalized spacial score (nSPS) is 21.2. The summed E-state index contributed by atoms with van der Waals surface area (Å²) in [5, 5.41) is 9.23. The maximum atomic E-state index is 12.3. The molecule has 3 N–H and O–H groups in total. The zero-order chi connectivity index (χ0) is 13.8. The average Bonchev–Trinajstić information content (AvgIpc) is 2.41. The fourth-order valence-electron chi connectivity index (χ4n) is 2.24. The van der Waals surface area contributed by atoms with Crippen molar-refractivity contribution >= 4 is 17.7 Å². The van der Waals surface area contributed by atoms with Crippen molar-refractivity contribution < 1.29 is 9.90 Å². The molecule has 0 spiro atoms. The highest BCUT2D eigenvalue weighted by Gasteiger charge is 2.27. The molecule has 1 unspecified atom stereocenters. The Morgan fingerprint density at radius 1 is 1.53 bits per heavy atom. The molecule has 0 aliphatic carbocycles. The van der Waals surface area contributed by atoms with Crippen LogP contribution in [0, 0.1) is 0 Å². The summed E-state index contributed by atoms with van der Waals surface area (Å²) >= 11 is 1.88. The third-order valence-electron chi connectivity index (χ3n) is 3.36. The van der Waals surface area contributed by atoms with E-state index in [1.165, 1.54) is 0 Å². The van der Waals surface area contributed by atoms with Crippen molar-refractivity contribution in [1.82, 2.24) is 4.90 Å². The van der Waals surface area contributed by atoms with Crippen LogP contribution >= 0.6 is 11.8 Å². The number of rotatable bonds is 3. The highest BCUT2D eigenvalue weighted by Crippen LogP contribution is 2.18. The van der Waals surface area contributed by atoms with Gasteiger partial charge in [-0.1, -0.05) is 12.1 Å². The minimum Gasteiger partial charge on any atom is -0.508 e. The monoisotopic (exact) mass is 280 g/mol. The lowest BCUT2D eigenvalue weighted by atomic mass is 10.0. The van der Waals surface area contributed by atoms with Crippen LogP contribution in [0.1, 0.15) is 12.5 Å². The molecule has 2 atom stereocenters. The van der Waals surface area contributed by atoms with Gasteiger partial charge in [0.15, 0.2) is 0 Å². The second-order valence-electron chi connectivity index (χ2n) is 4.93. The molecule has 1 aromatic rings. The lowest BCUT2D eigenvalue weighted by molar-refractivity contribution is -0.134. The van der Waals surface area contributed by atoms with E-state index in [9.17, 15) is 9.90 Å². The van der Waals surface area contributed by atoms with Gasteiger partial charge in [0.2, 0.25) is 5.91 Å². The topological polar surface area (TPSA) is 66.6 Å². The van der Waals surface area contributed by atoms with Crippen molar-refractivity contribution in [3.63, 3.8) is 0 Å². The Morgan fingerprint density at radius 2 is 2.21 bits per heavy atom. The summed E-state index contributed by atoms with van der Waals surface area (Å²) in [5.74, 6) is 2.23. The molecule has 5 heteroatoms. The molecule has 1 heterocycles. The van der Waals surface area contributed by atoms with Crippen LogP contribution in [-0.4, -0.2) is 46.0 Å². The Labute approximate surface area is 118 Å². The van der Waals surface area contributed by atoms with Gasteiger partial charge in [0, 0.05) is 24.1 Å². The predicted octanol–water partition coefficient (Wildman–Crippen LogP) is 1.23. The molecule has 4 nitrogen and oxygen atoms in total. The Balaban J connectivity index is 1.96. The summed E-state index contributed by atoms with van der Waals surface area (Å²) < 4.78 is 0. The van der Waals surface area contributed by atoms with Gasteiger partial charge in [-0.2, -0.15) is 11.8 Å². The number of amides is 1. The van der Waals surface area contributed by atoms with Gasteiger partial charge in [-0.15, -0.1) is 0 Å². The number of phenolic OH excluding ortho intramolecular Hbond substituents is 1. The molecule has 1 fully saturated rings. The van der Waals surface area contributed by atoms with Gasteiger partial charge in [0.1, 0.15) is 5.75 Å². The molecule has 2 rings (SSSR count). The first-order chi connectivity index (χ1) is 9.08. The third-order valence-corrected chi connectivity index (χ3v) is 4.55. The molecule has 1 saturated heterocycles. The van der Waals surface area contributed by atoms with Crippen LogP contribution in [-0.2, 0) is 11.2 Å². The van der Waals surface area contributed by atoms with Crippen molar-refractivity contribution in [3.05, 3.63) is 29.8 Å². The highest BCUT2D eigenvalue weighted by molar-refractivity contribution is 7.99. The molecule has 0 radical (unpaired) electrons. The van der Waals surface area contributed by atoms with Crippen LogP contribution in [0.3, 0.4) is 0 Å². The molecule has 0 bridgehead atoms. The number of nitrogens with zero attached hydrogens (tertiary/aromatic N) is 1. The highest BCUT2D eigenvalue weighted by atomic mass is 32.2. The standard InChI is InChI=1S/C14H20N2O2S/c1-10-9-19-7-6-16(10)14(18)13(15)8-11-2-4-12(17)5-3-11/h2-5,10,13,17H,6-9,15H2,1H3/t10?,13-/m1/s1. The first kappa shape index (κ1) is 14.2. The summed E-state index contributed by atoms with van der Waals surface area (Å²) in [5.41, 5.74) is 6.99. The second-order valence-corrected chi connectivity index (χ2v) is 6.08. The lowest BCUT2D eigenvalue weighted by Crippen LogP contribution is -2.51. The zero-order valence-electron chi connectivity index (χ0n) is 11.1. The van der Waals surface area contributed by atoms with Crippen LogP contribution in [0.2, 0.25) is 0 Å². The fraction of sp³-hybridized carbons (Fsp3) is 0.500. The smallest absolute Gasteiger partial charge is 0.240 e. The third kappa shape index (κ3) is 3.64. The Kier molecular flexibility index (Phi) is 4.71. The van der Waals surface area contributed by atoms with E-state index in [0.29, 0.717) is 6.42 Å². The van der Waals surface area contributed by atoms with Gasteiger partial charge < -0.3 is 15.7 Å². The maximum Gasteiger partial charge on any atom is 0.240 e. The van der Waals surface area contributed by atoms with Gasteiger partial charge in [-0.25, -0.2) is 0 Å². The number of thioether (sulfide) groups is 1. The summed E-state index contributed by atoms with van der Waals surface area (Å²) in [6.07, 6.45) is 0.509. The van der Waals surface area contributed by atoms with E-state index in [-0.39, 0.29) is 17.7 Å². The molecule has 0 saturated carbocycles. The molecule has 0 aromatic heterocycles. The van der Waals surface area contributed by atoms with E-state index < -0.39 is 6.04 Å². The number of benzene rings is 1. The molecule has 104 valence electrons. The van der Waals surface area contributed by atoms with Crippen LogP contribution in [0.5, 0.6) is 5.75 Å². The first-order valence-corrected chi connectivity index (χ1v) is 7.65. The summed E-state index contributed by atoms with van der Waals surface area (Å²) in [6.45, 7) is 2.85. The molecule has 1 amide bonds. The van der Waals surface area contributed by atoms with Gasteiger partial charge in [0.05, 0.1) is 6.04 Å². The van der Waals surface area contributed by atoms with Crippen LogP contribution in [0.15, 0.2) is 24.3 Å². The predicted molar refractivity (Wildman–Crippen MR) is 78.3 cm³/mol. The van der Waals surface area contributed by atoms with E-state index in [2.05, 4.69) is 6.92 Å². The van der Waals surface area contributed by atoms with Crippen LogP contribution < -0.4 is 5.73 Å². The molecule has 19 heavy (non-hydrogen) atoms. The number of nitrogens with two attached hydrogens (primary N) is 1. The minimum atomic E-state index is -0.505. The van der Waals surface area contributed by atoms with Crippen molar-refractivity contribution in [3.8, 4) is 5.75 Å². The average molecular weight is 280 g/mol. The van der Waals surface area contributed by atoms with E-state index in [0.717, 1.165) is 23.6 Å². The number of phenols is 1. The van der Waals surface area contributed by atoms with Gasteiger partial charge >= 0.3 is 0 Å². The Hall–Kier alpha value is -1.20. The van der Waals surface area contributed by atoms with Crippen molar-refractivity contribution in [2.24, 2.45) is 5.73 Å². The zero-order valence-corrected chi connectivity index (χ0v) is 11.9. The molecule has 1 aliphatic rings. The summed E-state index contributed by atoms with van der Waals surface area (Å²) in [7, 11) is 0. The van der Waals surface area contributed by atoms with E-state index in [1.807, 2.05) is 16.7 Å². The lowest BCUT2D eigenvalue weighted by Gasteiger charge is -2.34. The second kappa shape index (κ2) is 6.30. The summed E-state index contributed by atoms with van der Waals surface area (Å²) in [6, 6.07) is 6.60. The molecular weight excluding hydrogens is 260 g/mol. The van der Waals surface area contributed by atoms with Crippen molar-refractivity contribution in [2.75, 3.05) is 18.1 Å². The summed E-state index contributed by atoms with van der Waals surface area (Å²) in [4.78, 5) is 14.2. The van der Waals surface area contributed by atoms with E-state index >= 15 is 0 Å². The Bertz CT molecular complexity index is 436. The van der Waals surface area contributed by atoms with Gasteiger partial charge in [0.25, 0.3) is 0 Å². The quantitative estimate of drug-likeness (QED) is 0.874. The number of carbonyl (C=O) groups is 1. The van der Waals surface area contributed by atoms with Crippen LogP contribution in [0.25, 0.3) is 0 Å². The fourth-order valence-corrected chi connectivity index (χ4v) is 3.25. The largest absolute Gasteiger partial charge is 0.508 e. The number of hydrogen-bond donors (Lipinski definition) is 2. The molecular formula is C14H20N2O2S. The SMILES string of the molecule is CC1CSCCN1C(=O)[C@H](N)Cc1ccc(O)cc1. The Morgan fingerprint density at radius 3 is 2.84 bits per heavy atom. The number of aromatic hydroxyl groups is 1. The van der Waals surface area contributed by atoms with Crippen molar-refractivity contribution in [1.29, 1.82) is 0 Å².